The van der Waals surface area contributed by atoms with Crippen molar-refractivity contribution >= 4 is 34.9 Å². The van der Waals surface area contributed by atoms with Crippen LogP contribution in [-0.4, -0.2) is 38.9 Å². The molecule has 1 fully saturated rings. The van der Waals surface area contributed by atoms with Gasteiger partial charge in [-0.1, -0.05) is 18.2 Å². The molecule has 1 unspecified atom stereocenters. The highest BCUT2D eigenvalue weighted by Crippen LogP contribution is 2.40. The zero-order chi connectivity index (χ0) is 23.1. The van der Waals surface area contributed by atoms with Crippen molar-refractivity contribution in [1.82, 2.24) is 9.97 Å². The summed E-state index contributed by atoms with van der Waals surface area (Å²) in [5.74, 6) is -2.85. The number of carbonyl (C=O) groups excluding carboxylic acids is 2. The van der Waals surface area contributed by atoms with Crippen molar-refractivity contribution in [3.05, 3.63) is 59.9 Å². The maximum atomic E-state index is 13.2. The topological polar surface area (TPSA) is 124 Å². The molecular weight excluding hydrogens is 427 g/mol. The van der Waals surface area contributed by atoms with E-state index in [1.807, 2.05) is 30.3 Å². The van der Waals surface area contributed by atoms with Crippen molar-refractivity contribution in [1.29, 1.82) is 0 Å². The maximum absolute atomic E-state index is 13.2. The number of hydrogen-bond donors (Lipinski definition) is 4. The fourth-order valence-corrected chi connectivity index (χ4v) is 4.15. The Morgan fingerprint density at radius 3 is 2.61 bits per heavy atom. The number of H-pyrrole nitrogens is 1. The summed E-state index contributed by atoms with van der Waals surface area (Å²) in [5.41, 5.74) is 3.51. The molecule has 1 saturated carbocycles. The van der Waals surface area contributed by atoms with Crippen molar-refractivity contribution < 1.29 is 23.9 Å². The van der Waals surface area contributed by atoms with Gasteiger partial charge >= 0.3 is 5.97 Å². The Hall–Kier alpha value is -4.01. The minimum Gasteiger partial charge on any atom is -0.481 e. The number of pyridine rings is 1. The van der Waals surface area contributed by atoms with Crippen molar-refractivity contribution in [3.8, 4) is 11.3 Å². The standard InChI is InChI=1S/C24H21FN4O4/c25-16-11-15(16)23(31)29-19-10-12(6-7-26-19)21-22(27-14-4-2-1-3-5-14)20-17(28-21)8-13(24(32)33)9-18(20)30/h1-7,10,13,15-16,27-28H,8-9,11H2,(H,32,33)(H,26,29,31)/t13-,15?,16+/m0/s1. The van der Waals surface area contributed by atoms with Gasteiger partial charge in [-0.05, 0) is 30.7 Å². The van der Waals surface area contributed by atoms with Gasteiger partial charge < -0.3 is 20.7 Å². The number of hydrogen-bond acceptors (Lipinski definition) is 5. The summed E-state index contributed by atoms with van der Waals surface area (Å²) >= 11 is 0. The first-order valence-corrected chi connectivity index (χ1v) is 10.6. The van der Waals surface area contributed by atoms with E-state index in [2.05, 4.69) is 20.6 Å². The van der Waals surface area contributed by atoms with Crippen LogP contribution >= 0.6 is 0 Å². The molecule has 33 heavy (non-hydrogen) atoms. The number of anilines is 3. The normalized spacial score (nSPS) is 21.2. The molecular formula is C24H21FN4O4. The zero-order valence-electron chi connectivity index (χ0n) is 17.5. The maximum Gasteiger partial charge on any atom is 0.307 e. The van der Waals surface area contributed by atoms with Crippen LogP contribution in [0.25, 0.3) is 11.3 Å². The molecule has 0 saturated heterocycles. The predicted molar refractivity (Wildman–Crippen MR) is 119 cm³/mol. The van der Waals surface area contributed by atoms with Crippen LogP contribution in [-0.2, 0) is 16.0 Å². The summed E-state index contributed by atoms with van der Waals surface area (Å²) in [7, 11) is 0. The molecule has 4 N–H and O–H groups in total. The van der Waals surface area contributed by atoms with Gasteiger partial charge in [0, 0.05) is 36.0 Å². The van der Waals surface area contributed by atoms with Crippen LogP contribution in [0.1, 0.15) is 28.9 Å². The molecule has 2 aliphatic carbocycles. The Labute approximate surface area is 188 Å². The number of aromatic nitrogens is 2. The average Bonchev–Trinajstić information content (AvgIpc) is 3.42. The van der Waals surface area contributed by atoms with Gasteiger partial charge in [0.05, 0.1) is 28.8 Å². The molecule has 0 radical (unpaired) electrons. The van der Waals surface area contributed by atoms with E-state index < -0.39 is 29.9 Å². The van der Waals surface area contributed by atoms with E-state index >= 15 is 0 Å². The van der Waals surface area contributed by atoms with Gasteiger partial charge in [-0.2, -0.15) is 0 Å². The van der Waals surface area contributed by atoms with E-state index in [4.69, 9.17) is 0 Å². The summed E-state index contributed by atoms with van der Waals surface area (Å²) < 4.78 is 13.2. The molecule has 3 atom stereocenters. The second kappa shape index (κ2) is 8.16. The van der Waals surface area contributed by atoms with Gasteiger partial charge in [-0.25, -0.2) is 9.37 Å². The van der Waals surface area contributed by atoms with Crippen LogP contribution < -0.4 is 10.6 Å². The van der Waals surface area contributed by atoms with Gasteiger partial charge in [0.2, 0.25) is 5.91 Å². The van der Waals surface area contributed by atoms with E-state index in [1.165, 1.54) is 6.20 Å². The largest absolute Gasteiger partial charge is 0.481 e. The molecule has 2 aromatic heterocycles. The van der Waals surface area contributed by atoms with Gasteiger partial charge in [0.15, 0.2) is 5.78 Å². The van der Waals surface area contributed by atoms with E-state index in [-0.39, 0.29) is 30.9 Å². The smallest absolute Gasteiger partial charge is 0.307 e. The Bertz CT molecular complexity index is 1260. The molecule has 2 aliphatic rings. The van der Waals surface area contributed by atoms with Crippen molar-refractivity contribution in [2.45, 2.75) is 25.4 Å². The number of amides is 1. The molecule has 9 heteroatoms. The fourth-order valence-electron chi connectivity index (χ4n) is 4.15. The number of aromatic amines is 1. The minimum atomic E-state index is -1.11. The van der Waals surface area contributed by atoms with Crippen LogP contribution in [0.15, 0.2) is 48.7 Å². The lowest BCUT2D eigenvalue weighted by atomic mass is 9.86. The van der Waals surface area contributed by atoms with Crippen LogP contribution in [0.4, 0.5) is 21.6 Å². The lowest BCUT2D eigenvalue weighted by Crippen LogP contribution is -2.26. The van der Waals surface area contributed by atoms with Gasteiger partial charge in [0.1, 0.15) is 12.0 Å². The number of aliphatic carboxylic acids is 1. The third kappa shape index (κ3) is 4.09. The third-order valence-corrected chi connectivity index (χ3v) is 5.98. The number of alkyl halides is 1. The summed E-state index contributed by atoms with van der Waals surface area (Å²) in [4.78, 5) is 44.0. The fraction of sp³-hybridized carbons (Fsp3) is 0.250. The van der Waals surface area contributed by atoms with Gasteiger partial charge in [0.25, 0.3) is 0 Å². The highest BCUT2D eigenvalue weighted by atomic mass is 19.1. The summed E-state index contributed by atoms with van der Waals surface area (Å²) in [5, 5.41) is 15.4. The molecule has 0 aliphatic heterocycles. The lowest BCUT2D eigenvalue weighted by molar-refractivity contribution is -0.141. The second-order valence-electron chi connectivity index (χ2n) is 8.36. The molecule has 0 spiro atoms. The molecule has 2 heterocycles. The lowest BCUT2D eigenvalue weighted by Gasteiger charge is -2.18. The first-order chi connectivity index (χ1) is 15.9. The molecule has 0 bridgehead atoms. The zero-order valence-corrected chi connectivity index (χ0v) is 17.5. The van der Waals surface area contributed by atoms with Crippen LogP contribution in [0.5, 0.6) is 0 Å². The van der Waals surface area contributed by atoms with E-state index in [0.29, 0.717) is 28.2 Å². The number of nitrogens with zero attached hydrogens (tertiary/aromatic N) is 1. The van der Waals surface area contributed by atoms with Gasteiger partial charge in [-0.15, -0.1) is 0 Å². The quantitative estimate of drug-likeness (QED) is 0.453. The van der Waals surface area contributed by atoms with Crippen LogP contribution in [0, 0.1) is 11.8 Å². The van der Waals surface area contributed by atoms with Crippen molar-refractivity contribution in [2.24, 2.45) is 11.8 Å². The number of carbonyl (C=O) groups is 3. The Morgan fingerprint density at radius 2 is 1.91 bits per heavy atom. The molecule has 8 nitrogen and oxygen atoms in total. The number of benzene rings is 1. The number of rotatable bonds is 6. The minimum absolute atomic E-state index is 0.0769. The average molecular weight is 448 g/mol. The number of Topliss-reactive ketones (excluding diaryl/α,β-unsaturated/α-hetero) is 1. The number of halogens is 1. The van der Waals surface area contributed by atoms with Crippen LogP contribution in [0.3, 0.4) is 0 Å². The molecule has 3 aromatic rings. The molecule has 5 rings (SSSR count). The predicted octanol–water partition coefficient (Wildman–Crippen LogP) is 3.95. The summed E-state index contributed by atoms with van der Waals surface area (Å²) in [6.45, 7) is 0. The Balaban J connectivity index is 1.55. The highest BCUT2D eigenvalue weighted by Gasteiger charge is 2.43. The number of carboxylic acids is 1. The Morgan fingerprint density at radius 1 is 1.15 bits per heavy atom. The second-order valence-corrected chi connectivity index (χ2v) is 8.36. The number of fused-ring (bicyclic) bond motifs is 1. The first-order valence-electron chi connectivity index (χ1n) is 10.6. The monoisotopic (exact) mass is 448 g/mol. The highest BCUT2D eigenvalue weighted by molar-refractivity contribution is 6.09. The molecule has 168 valence electrons. The van der Waals surface area contributed by atoms with E-state index in [9.17, 15) is 23.9 Å². The third-order valence-electron chi connectivity index (χ3n) is 5.98. The molecule has 1 amide bonds. The van der Waals surface area contributed by atoms with Gasteiger partial charge in [-0.3, -0.25) is 14.4 Å². The summed E-state index contributed by atoms with van der Waals surface area (Å²) in [6.07, 6.45) is 0.741. The SMILES string of the molecule is O=C1C[C@@H](C(=O)O)Cc2[nH]c(-c3ccnc(NC(=O)C4C[C@H]4F)c3)c(Nc3ccccc3)c21. The van der Waals surface area contributed by atoms with Crippen LogP contribution in [0.2, 0.25) is 0 Å². The number of nitrogens with one attached hydrogen (secondary N) is 3. The number of carboxylic acid groups (broad SMARTS) is 1. The van der Waals surface area contributed by atoms with Crippen molar-refractivity contribution in [3.63, 3.8) is 0 Å². The van der Waals surface area contributed by atoms with E-state index in [1.54, 1.807) is 12.1 Å². The summed E-state index contributed by atoms with van der Waals surface area (Å²) in [6, 6.07) is 12.7. The Kier molecular flexibility index (Phi) is 5.16. The molecule has 1 aromatic carbocycles. The van der Waals surface area contributed by atoms with E-state index in [0.717, 1.165) is 5.69 Å². The first kappa shape index (κ1) is 20.9. The van der Waals surface area contributed by atoms with Crippen molar-refractivity contribution in [2.75, 3.05) is 10.6 Å². The number of ketones is 1. The number of para-hydroxylation sites is 1.